The molecule has 4 rings (SSSR count). The zero-order valence-corrected chi connectivity index (χ0v) is 15.4. The first kappa shape index (κ1) is 18.0. The molecule has 144 valence electrons. The van der Waals surface area contributed by atoms with E-state index in [0.29, 0.717) is 54.5 Å². The molecule has 28 heavy (non-hydrogen) atoms. The minimum absolute atomic E-state index is 0.0893. The maximum Gasteiger partial charge on any atom is 0.240 e. The third kappa shape index (κ3) is 3.43. The third-order valence-electron chi connectivity index (χ3n) is 4.95. The highest BCUT2D eigenvalue weighted by molar-refractivity contribution is 6.17. The minimum atomic E-state index is -1.10. The molecule has 1 aliphatic carbocycles. The van der Waals surface area contributed by atoms with E-state index in [4.69, 9.17) is 9.47 Å². The number of hydrogen-bond donors (Lipinski definition) is 2. The summed E-state index contributed by atoms with van der Waals surface area (Å²) in [6.07, 6.45) is 0.948. The maximum absolute atomic E-state index is 12.8. The van der Waals surface area contributed by atoms with Gasteiger partial charge >= 0.3 is 0 Å². The number of ether oxygens (including phenoxy) is 2. The Labute approximate surface area is 162 Å². The number of rotatable bonds is 5. The molecule has 2 aliphatic rings. The lowest BCUT2D eigenvalue weighted by Crippen LogP contribution is -2.35. The van der Waals surface area contributed by atoms with Crippen molar-refractivity contribution < 1.29 is 23.9 Å². The lowest BCUT2D eigenvalue weighted by Gasteiger charge is -2.20. The second-order valence-electron chi connectivity index (χ2n) is 6.99. The van der Waals surface area contributed by atoms with Crippen LogP contribution in [0.25, 0.3) is 0 Å². The molecule has 0 radical (unpaired) electrons. The van der Waals surface area contributed by atoms with Gasteiger partial charge in [0.1, 0.15) is 18.6 Å². The van der Waals surface area contributed by atoms with Gasteiger partial charge in [0.2, 0.25) is 11.8 Å². The van der Waals surface area contributed by atoms with Crippen LogP contribution in [0.3, 0.4) is 0 Å². The van der Waals surface area contributed by atoms with Crippen LogP contribution in [0.2, 0.25) is 0 Å². The molecule has 1 aliphatic heterocycles. The quantitative estimate of drug-likeness (QED) is 0.614. The van der Waals surface area contributed by atoms with Gasteiger partial charge in [-0.1, -0.05) is 12.1 Å². The highest BCUT2D eigenvalue weighted by Crippen LogP contribution is 2.47. The molecule has 2 amide bonds. The summed E-state index contributed by atoms with van der Waals surface area (Å²) >= 11 is 0. The van der Waals surface area contributed by atoms with Crippen LogP contribution >= 0.6 is 0 Å². The van der Waals surface area contributed by atoms with Crippen molar-refractivity contribution in [1.82, 2.24) is 0 Å². The second kappa shape index (κ2) is 6.99. The van der Waals surface area contributed by atoms with Gasteiger partial charge in [0.05, 0.1) is 0 Å². The Bertz CT molecular complexity index is 965. The summed E-state index contributed by atoms with van der Waals surface area (Å²) in [5.74, 6) is 0.383. The van der Waals surface area contributed by atoms with Gasteiger partial charge in [-0.25, -0.2) is 0 Å². The summed E-state index contributed by atoms with van der Waals surface area (Å²) in [4.78, 5) is 37.0. The van der Waals surface area contributed by atoms with E-state index >= 15 is 0 Å². The van der Waals surface area contributed by atoms with Gasteiger partial charge in [-0.3, -0.25) is 14.4 Å². The highest BCUT2D eigenvalue weighted by atomic mass is 16.6. The van der Waals surface area contributed by atoms with Crippen LogP contribution in [-0.2, 0) is 9.59 Å². The Kier molecular flexibility index (Phi) is 4.50. The van der Waals surface area contributed by atoms with Crippen molar-refractivity contribution in [2.75, 3.05) is 23.8 Å². The van der Waals surface area contributed by atoms with Gasteiger partial charge in [-0.2, -0.15) is 0 Å². The molecular weight excluding hydrogens is 360 g/mol. The van der Waals surface area contributed by atoms with E-state index in [0.717, 1.165) is 0 Å². The molecule has 2 N–H and O–H groups in total. The standard InChI is InChI=1S/C21H20N2O5/c1-13(24)14-3-2-4-15(11-14)22-19(25)21(7-8-21)20(26)23-16-5-6-17-18(12-16)28-10-9-27-17/h2-6,11-12H,7-10H2,1H3,(H,22,25)(H,23,26). The molecule has 7 heteroatoms. The van der Waals surface area contributed by atoms with Crippen molar-refractivity contribution in [3.63, 3.8) is 0 Å². The molecule has 0 atom stereocenters. The molecule has 1 heterocycles. The van der Waals surface area contributed by atoms with Crippen LogP contribution in [0.1, 0.15) is 30.1 Å². The molecule has 0 unspecified atom stereocenters. The van der Waals surface area contributed by atoms with Gasteiger partial charge in [0, 0.05) is 23.0 Å². The van der Waals surface area contributed by atoms with Gasteiger partial charge in [-0.15, -0.1) is 0 Å². The first-order valence-corrected chi connectivity index (χ1v) is 9.11. The highest BCUT2D eigenvalue weighted by Gasteiger charge is 2.56. The number of Topliss-reactive ketones (excluding diaryl/α,β-unsaturated/α-hetero) is 1. The number of carbonyl (C=O) groups is 3. The molecule has 0 aromatic heterocycles. The Hall–Kier alpha value is -3.35. The average Bonchev–Trinajstić information content (AvgIpc) is 3.50. The van der Waals surface area contributed by atoms with Crippen molar-refractivity contribution >= 4 is 29.0 Å². The number of fused-ring (bicyclic) bond motifs is 1. The van der Waals surface area contributed by atoms with Crippen molar-refractivity contribution in [3.05, 3.63) is 48.0 Å². The largest absolute Gasteiger partial charge is 0.486 e. The summed E-state index contributed by atoms with van der Waals surface area (Å²) in [6, 6.07) is 11.8. The fourth-order valence-electron chi connectivity index (χ4n) is 3.12. The maximum atomic E-state index is 12.8. The number of benzene rings is 2. The lowest BCUT2D eigenvalue weighted by molar-refractivity contribution is -0.131. The summed E-state index contributed by atoms with van der Waals surface area (Å²) < 4.78 is 11.0. The van der Waals surface area contributed by atoms with Crippen LogP contribution in [0.5, 0.6) is 11.5 Å². The smallest absolute Gasteiger partial charge is 0.240 e. The Balaban J connectivity index is 1.46. The number of amides is 2. The third-order valence-corrected chi connectivity index (χ3v) is 4.95. The molecule has 1 fully saturated rings. The number of anilines is 2. The van der Waals surface area contributed by atoms with Crippen molar-refractivity contribution in [2.24, 2.45) is 5.41 Å². The number of ketones is 1. The first-order valence-electron chi connectivity index (χ1n) is 9.11. The second-order valence-corrected chi connectivity index (χ2v) is 6.99. The van der Waals surface area contributed by atoms with Gasteiger partial charge in [-0.05, 0) is 44.0 Å². The van der Waals surface area contributed by atoms with E-state index in [1.165, 1.54) is 6.92 Å². The lowest BCUT2D eigenvalue weighted by atomic mass is 10.0. The fourth-order valence-corrected chi connectivity index (χ4v) is 3.12. The summed E-state index contributed by atoms with van der Waals surface area (Å²) in [5, 5.41) is 5.56. The summed E-state index contributed by atoms with van der Waals surface area (Å²) in [7, 11) is 0. The summed E-state index contributed by atoms with van der Waals surface area (Å²) in [5.41, 5.74) is 0.450. The zero-order chi connectivity index (χ0) is 19.7. The van der Waals surface area contributed by atoms with E-state index in [1.54, 1.807) is 42.5 Å². The topological polar surface area (TPSA) is 93.7 Å². The van der Waals surface area contributed by atoms with E-state index in [1.807, 2.05) is 0 Å². The molecule has 7 nitrogen and oxygen atoms in total. The van der Waals surface area contributed by atoms with Crippen LogP contribution < -0.4 is 20.1 Å². The molecule has 0 bridgehead atoms. The molecular formula is C21H20N2O5. The molecule has 2 aromatic rings. The fraction of sp³-hybridized carbons (Fsp3) is 0.286. The van der Waals surface area contributed by atoms with Crippen LogP contribution in [-0.4, -0.2) is 30.8 Å². The van der Waals surface area contributed by atoms with Crippen LogP contribution in [0.4, 0.5) is 11.4 Å². The summed E-state index contributed by atoms with van der Waals surface area (Å²) in [6.45, 7) is 2.41. The van der Waals surface area contributed by atoms with Gasteiger partial charge in [0.25, 0.3) is 0 Å². The van der Waals surface area contributed by atoms with E-state index in [-0.39, 0.29) is 17.6 Å². The van der Waals surface area contributed by atoms with Crippen LogP contribution in [0, 0.1) is 5.41 Å². The Morgan fingerprint density at radius 3 is 2.14 bits per heavy atom. The van der Waals surface area contributed by atoms with Crippen molar-refractivity contribution in [3.8, 4) is 11.5 Å². The predicted molar refractivity (Wildman–Crippen MR) is 103 cm³/mol. The van der Waals surface area contributed by atoms with E-state index < -0.39 is 5.41 Å². The average molecular weight is 380 g/mol. The van der Waals surface area contributed by atoms with Gasteiger partial charge < -0.3 is 20.1 Å². The first-order chi connectivity index (χ1) is 13.5. The number of hydrogen-bond acceptors (Lipinski definition) is 5. The van der Waals surface area contributed by atoms with Crippen molar-refractivity contribution in [2.45, 2.75) is 19.8 Å². The SMILES string of the molecule is CC(=O)c1cccc(NC(=O)C2(C(=O)Nc3ccc4c(c3)OCCO4)CC2)c1. The Morgan fingerprint density at radius 1 is 0.857 bits per heavy atom. The van der Waals surface area contributed by atoms with E-state index in [9.17, 15) is 14.4 Å². The van der Waals surface area contributed by atoms with Crippen molar-refractivity contribution in [1.29, 1.82) is 0 Å². The van der Waals surface area contributed by atoms with Gasteiger partial charge in [0.15, 0.2) is 17.3 Å². The molecule has 2 aromatic carbocycles. The predicted octanol–water partition coefficient (Wildman–Crippen LogP) is 3.02. The molecule has 1 saturated carbocycles. The zero-order valence-electron chi connectivity index (χ0n) is 15.4. The monoisotopic (exact) mass is 380 g/mol. The normalized spacial score (nSPS) is 16.0. The minimum Gasteiger partial charge on any atom is -0.486 e. The Morgan fingerprint density at radius 2 is 1.50 bits per heavy atom. The number of carbonyl (C=O) groups excluding carboxylic acids is 3. The molecule has 0 saturated heterocycles. The van der Waals surface area contributed by atoms with E-state index in [2.05, 4.69) is 10.6 Å². The molecule has 0 spiro atoms. The number of nitrogens with one attached hydrogen (secondary N) is 2. The van der Waals surface area contributed by atoms with Crippen LogP contribution in [0.15, 0.2) is 42.5 Å².